The zero-order valence-corrected chi connectivity index (χ0v) is 21.7. The number of phenols is 3. The Morgan fingerprint density at radius 1 is 0.857 bits per heavy atom. The predicted molar refractivity (Wildman–Crippen MR) is 147 cm³/mol. The van der Waals surface area contributed by atoms with Crippen molar-refractivity contribution in [2.75, 3.05) is 6.61 Å². The second-order valence-electron chi connectivity index (χ2n) is 9.52. The minimum atomic E-state index is -1.74. The molecule has 3 aromatic carbocycles. The van der Waals surface area contributed by atoms with Crippen molar-refractivity contribution in [3.8, 4) is 34.3 Å². The molecule has 4 aromatic rings. The van der Waals surface area contributed by atoms with Gasteiger partial charge in [0, 0.05) is 29.8 Å². The first-order chi connectivity index (χ1) is 20.1. The van der Waals surface area contributed by atoms with E-state index >= 15 is 0 Å². The van der Waals surface area contributed by atoms with E-state index in [4.69, 9.17) is 18.6 Å². The lowest BCUT2D eigenvalue weighted by Gasteiger charge is -2.39. The van der Waals surface area contributed by atoms with E-state index in [9.17, 15) is 40.2 Å². The van der Waals surface area contributed by atoms with Crippen LogP contribution in [0.5, 0.6) is 23.0 Å². The summed E-state index contributed by atoms with van der Waals surface area (Å²) >= 11 is 0. The van der Waals surface area contributed by atoms with E-state index in [1.54, 1.807) is 12.1 Å². The topological polar surface area (TPSA) is 196 Å². The van der Waals surface area contributed by atoms with Crippen LogP contribution in [0.25, 0.3) is 28.4 Å². The van der Waals surface area contributed by atoms with Crippen LogP contribution in [0.15, 0.2) is 82.0 Å². The molecule has 0 spiro atoms. The standard InChI is InChI=1S/C30H26O12/c31-17-6-1-15(2-7-17)3-10-25(35)39-14-24-27(36)28(37)29(38)30(42-24)40-19-11-20(33)26-21(34)13-22(41-23(26)12-19)16-4-8-18(32)9-5-16/h1-13,24,27-33,36-38H,14H2/b10-3+/t24-,27+,28-,29+,30-/m1/s1. The lowest BCUT2D eigenvalue weighted by atomic mass is 9.99. The molecule has 12 nitrogen and oxygen atoms in total. The Kier molecular flexibility index (Phi) is 8.13. The first kappa shape index (κ1) is 28.6. The maximum atomic E-state index is 12.7. The lowest BCUT2D eigenvalue weighted by molar-refractivity contribution is -0.278. The fourth-order valence-electron chi connectivity index (χ4n) is 4.33. The number of aliphatic hydroxyl groups is 3. The number of esters is 1. The Hall–Kier alpha value is -4.88. The number of carbonyl (C=O) groups is 1. The maximum absolute atomic E-state index is 12.7. The van der Waals surface area contributed by atoms with Crippen LogP contribution >= 0.6 is 0 Å². The van der Waals surface area contributed by atoms with E-state index in [-0.39, 0.29) is 34.0 Å². The van der Waals surface area contributed by atoms with Crippen LogP contribution in [-0.4, -0.2) is 73.9 Å². The Balaban J connectivity index is 1.31. The van der Waals surface area contributed by atoms with Gasteiger partial charge in [0.25, 0.3) is 0 Å². The summed E-state index contributed by atoms with van der Waals surface area (Å²) in [7, 11) is 0. The molecule has 5 rings (SSSR count). The third-order valence-corrected chi connectivity index (χ3v) is 6.55. The number of benzene rings is 3. The van der Waals surface area contributed by atoms with Gasteiger partial charge in [0.2, 0.25) is 6.29 Å². The van der Waals surface area contributed by atoms with Gasteiger partial charge in [-0.15, -0.1) is 0 Å². The summed E-state index contributed by atoms with van der Waals surface area (Å²) in [5.74, 6) is -1.13. The minimum absolute atomic E-state index is 0.0205. The molecule has 6 N–H and O–H groups in total. The molecule has 0 saturated carbocycles. The highest BCUT2D eigenvalue weighted by Crippen LogP contribution is 2.33. The van der Waals surface area contributed by atoms with Gasteiger partial charge < -0.3 is 49.3 Å². The molecule has 0 aliphatic carbocycles. The smallest absolute Gasteiger partial charge is 0.330 e. The molecule has 12 heteroatoms. The number of aliphatic hydroxyl groups excluding tert-OH is 3. The third kappa shape index (κ3) is 6.21. The fourth-order valence-corrected chi connectivity index (χ4v) is 4.33. The van der Waals surface area contributed by atoms with Crippen LogP contribution in [0.2, 0.25) is 0 Å². The van der Waals surface area contributed by atoms with Gasteiger partial charge in [-0.3, -0.25) is 4.79 Å². The molecule has 5 atom stereocenters. The SMILES string of the molecule is O=C(/C=C/c1ccc(O)cc1)OC[C@H]1O[C@@H](Oc2cc(O)c3c(=O)cc(-c4ccc(O)cc4)oc3c2)[C@@H](O)[C@H](O)[C@H]1O. The number of hydrogen-bond donors (Lipinski definition) is 6. The van der Waals surface area contributed by atoms with Crippen LogP contribution in [-0.2, 0) is 14.3 Å². The molecule has 0 amide bonds. The molecule has 1 saturated heterocycles. The van der Waals surface area contributed by atoms with E-state index < -0.39 is 54.5 Å². The van der Waals surface area contributed by atoms with Crippen molar-refractivity contribution >= 4 is 23.0 Å². The number of carbonyl (C=O) groups excluding carboxylic acids is 1. The van der Waals surface area contributed by atoms with Gasteiger partial charge in [0.1, 0.15) is 70.8 Å². The highest BCUT2D eigenvalue weighted by Gasteiger charge is 2.45. The summed E-state index contributed by atoms with van der Waals surface area (Å²) in [5, 5.41) is 60.5. The first-order valence-electron chi connectivity index (χ1n) is 12.7. The number of fused-ring (bicyclic) bond motifs is 1. The summed E-state index contributed by atoms with van der Waals surface area (Å²) in [5.41, 5.74) is 0.501. The molecule has 1 fully saturated rings. The fraction of sp³-hybridized carbons (Fsp3) is 0.200. The molecule has 1 aliphatic heterocycles. The molecule has 2 heterocycles. The largest absolute Gasteiger partial charge is 0.508 e. The van der Waals surface area contributed by atoms with Crippen LogP contribution < -0.4 is 10.2 Å². The Morgan fingerprint density at radius 3 is 2.21 bits per heavy atom. The van der Waals surface area contributed by atoms with Crippen molar-refractivity contribution in [2.45, 2.75) is 30.7 Å². The molecular formula is C30H26O12. The number of ether oxygens (including phenoxy) is 3. The van der Waals surface area contributed by atoms with E-state index in [2.05, 4.69) is 0 Å². The molecule has 1 aromatic heterocycles. The van der Waals surface area contributed by atoms with Crippen LogP contribution in [0.1, 0.15) is 5.56 Å². The molecule has 0 unspecified atom stereocenters. The maximum Gasteiger partial charge on any atom is 0.330 e. The Labute approximate surface area is 237 Å². The lowest BCUT2D eigenvalue weighted by Crippen LogP contribution is -2.60. The van der Waals surface area contributed by atoms with Crippen LogP contribution in [0.3, 0.4) is 0 Å². The van der Waals surface area contributed by atoms with Crippen molar-refractivity contribution in [1.82, 2.24) is 0 Å². The predicted octanol–water partition coefficient (Wildman–Crippen LogP) is 2.02. The quantitative estimate of drug-likeness (QED) is 0.138. The molecule has 1 aliphatic rings. The molecular weight excluding hydrogens is 552 g/mol. The van der Waals surface area contributed by atoms with E-state index in [0.717, 1.165) is 12.1 Å². The summed E-state index contributed by atoms with van der Waals surface area (Å²) in [6, 6.07) is 15.5. The van der Waals surface area contributed by atoms with Crippen LogP contribution in [0, 0.1) is 0 Å². The van der Waals surface area contributed by atoms with Gasteiger partial charge in [-0.1, -0.05) is 12.1 Å². The summed E-state index contributed by atoms with van der Waals surface area (Å²) in [6.45, 7) is -0.503. The van der Waals surface area contributed by atoms with Crippen molar-refractivity contribution in [2.24, 2.45) is 0 Å². The van der Waals surface area contributed by atoms with E-state index in [0.29, 0.717) is 11.1 Å². The zero-order chi connectivity index (χ0) is 30.0. The van der Waals surface area contributed by atoms with Crippen molar-refractivity contribution in [3.05, 3.63) is 88.6 Å². The summed E-state index contributed by atoms with van der Waals surface area (Å²) in [4.78, 5) is 24.9. The van der Waals surface area contributed by atoms with Gasteiger partial charge >= 0.3 is 5.97 Å². The van der Waals surface area contributed by atoms with E-state index in [1.165, 1.54) is 54.6 Å². The minimum Gasteiger partial charge on any atom is -0.508 e. The van der Waals surface area contributed by atoms with Gasteiger partial charge in [-0.25, -0.2) is 4.79 Å². The number of aromatic hydroxyl groups is 3. The second kappa shape index (κ2) is 11.9. The monoisotopic (exact) mass is 578 g/mol. The van der Waals surface area contributed by atoms with Gasteiger partial charge in [-0.05, 0) is 48.0 Å². The van der Waals surface area contributed by atoms with Gasteiger partial charge in [0.15, 0.2) is 5.43 Å². The summed E-state index contributed by atoms with van der Waals surface area (Å²) < 4.78 is 22.2. The van der Waals surface area contributed by atoms with Gasteiger partial charge in [0.05, 0.1) is 0 Å². The highest BCUT2D eigenvalue weighted by atomic mass is 16.7. The van der Waals surface area contributed by atoms with Crippen LogP contribution in [0.4, 0.5) is 0 Å². The van der Waals surface area contributed by atoms with Crippen molar-refractivity contribution < 1.29 is 54.1 Å². The average molecular weight is 579 g/mol. The number of hydrogen-bond acceptors (Lipinski definition) is 12. The van der Waals surface area contributed by atoms with Gasteiger partial charge in [-0.2, -0.15) is 0 Å². The second-order valence-corrected chi connectivity index (χ2v) is 9.52. The Bertz CT molecular complexity index is 1660. The zero-order valence-electron chi connectivity index (χ0n) is 21.7. The van der Waals surface area contributed by atoms with Crippen molar-refractivity contribution in [1.29, 1.82) is 0 Å². The molecule has 42 heavy (non-hydrogen) atoms. The average Bonchev–Trinajstić information content (AvgIpc) is 2.96. The highest BCUT2D eigenvalue weighted by molar-refractivity contribution is 5.87. The normalized spacial score (nSPS) is 22.3. The number of phenolic OH excluding ortho intramolecular Hbond substituents is 3. The summed E-state index contributed by atoms with van der Waals surface area (Å²) in [6.07, 6.45) is -5.43. The molecule has 0 bridgehead atoms. The third-order valence-electron chi connectivity index (χ3n) is 6.55. The molecule has 0 radical (unpaired) electrons. The van der Waals surface area contributed by atoms with E-state index in [1.807, 2.05) is 0 Å². The van der Waals surface area contributed by atoms with Crippen molar-refractivity contribution in [3.63, 3.8) is 0 Å². The molecule has 218 valence electrons. The first-order valence-corrected chi connectivity index (χ1v) is 12.7. The number of rotatable bonds is 7. The Morgan fingerprint density at radius 2 is 1.52 bits per heavy atom.